The quantitative estimate of drug-likeness (QED) is 0.829. The minimum absolute atomic E-state index is 0.0216. The number of hydrogen-bond donors (Lipinski definition) is 2. The van der Waals surface area contributed by atoms with Gasteiger partial charge in [-0.05, 0) is 36.4 Å². The number of hydrogen-bond acceptors (Lipinski definition) is 2. The van der Waals surface area contributed by atoms with E-state index in [2.05, 4.69) is 21.2 Å². The molecule has 0 aliphatic carbocycles. The molecule has 2 aromatic rings. The molecule has 0 spiro atoms. The molecule has 3 N–H and O–H groups in total. The van der Waals surface area contributed by atoms with Crippen LogP contribution in [0, 0.1) is 11.6 Å². The van der Waals surface area contributed by atoms with Crippen molar-refractivity contribution in [3.63, 3.8) is 0 Å². The molecule has 0 atom stereocenters. The number of rotatable bonds is 2. The Balaban J connectivity index is 2.25. The smallest absolute Gasteiger partial charge is 0.258 e. The van der Waals surface area contributed by atoms with Crippen LogP contribution in [0.25, 0.3) is 0 Å². The first-order valence-electron chi connectivity index (χ1n) is 5.29. The number of nitrogens with two attached hydrogens (primary N) is 1. The van der Waals surface area contributed by atoms with Crippen molar-refractivity contribution >= 4 is 33.2 Å². The lowest BCUT2D eigenvalue weighted by Gasteiger charge is -2.07. The van der Waals surface area contributed by atoms with E-state index in [0.717, 1.165) is 6.07 Å². The second-order valence-electron chi connectivity index (χ2n) is 3.81. The minimum Gasteiger partial charge on any atom is -0.396 e. The van der Waals surface area contributed by atoms with Crippen molar-refractivity contribution in [3.8, 4) is 0 Å². The lowest BCUT2D eigenvalue weighted by molar-refractivity contribution is 0.102. The van der Waals surface area contributed by atoms with Crippen molar-refractivity contribution in [1.82, 2.24) is 0 Å². The average molecular weight is 327 g/mol. The Morgan fingerprint density at radius 2 is 1.84 bits per heavy atom. The van der Waals surface area contributed by atoms with Gasteiger partial charge in [-0.3, -0.25) is 4.79 Å². The average Bonchev–Trinajstić information content (AvgIpc) is 2.36. The van der Waals surface area contributed by atoms with Gasteiger partial charge in [-0.1, -0.05) is 15.9 Å². The van der Waals surface area contributed by atoms with Crippen molar-refractivity contribution in [2.24, 2.45) is 0 Å². The van der Waals surface area contributed by atoms with Gasteiger partial charge in [0.2, 0.25) is 0 Å². The van der Waals surface area contributed by atoms with E-state index in [4.69, 9.17) is 5.73 Å². The van der Waals surface area contributed by atoms with E-state index >= 15 is 0 Å². The Labute approximate surface area is 116 Å². The predicted molar refractivity (Wildman–Crippen MR) is 72.9 cm³/mol. The molecule has 0 radical (unpaired) electrons. The van der Waals surface area contributed by atoms with Crippen LogP contribution in [0.4, 0.5) is 20.2 Å². The van der Waals surface area contributed by atoms with Crippen LogP contribution in [0.3, 0.4) is 0 Å². The Morgan fingerprint density at radius 3 is 2.53 bits per heavy atom. The lowest BCUT2D eigenvalue weighted by atomic mass is 10.2. The molecule has 0 saturated carbocycles. The Hall–Kier alpha value is -1.95. The molecule has 3 nitrogen and oxygen atoms in total. The monoisotopic (exact) mass is 326 g/mol. The standard InChI is InChI=1S/C13H9BrF2N2O/c14-7-1-3-10(15)9(5-7)13(19)18-8-2-4-12(17)11(16)6-8/h1-6H,17H2,(H,18,19). The third kappa shape index (κ3) is 3.08. The van der Waals surface area contributed by atoms with Crippen molar-refractivity contribution in [2.45, 2.75) is 0 Å². The van der Waals surface area contributed by atoms with E-state index in [1.165, 1.54) is 30.3 Å². The molecule has 0 bridgehead atoms. The van der Waals surface area contributed by atoms with Crippen molar-refractivity contribution < 1.29 is 13.6 Å². The van der Waals surface area contributed by atoms with Gasteiger partial charge in [0.25, 0.3) is 5.91 Å². The molecule has 1 amide bonds. The summed E-state index contributed by atoms with van der Waals surface area (Å²) in [6, 6.07) is 7.83. The van der Waals surface area contributed by atoms with Gasteiger partial charge in [0.15, 0.2) is 0 Å². The molecule has 6 heteroatoms. The molecule has 0 unspecified atom stereocenters. The molecule has 98 valence electrons. The van der Waals surface area contributed by atoms with Gasteiger partial charge >= 0.3 is 0 Å². The van der Waals surface area contributed by atoms with Crippen LogP contribution in [-0.4, -0.2) is 5.91 Å². The van der Waals surface area contributed by atoms with Gasteiger partial charge in [0.05, 0.1) is 11.3 Å². The Kier molecular flexibility index (Phi) is 3.80. The number of halogens is 3. The lowest BCUT2D eigenvalue weighted by Crippen LogP contribution is -2.14. The third-order valence-electron chi connectivity index (χ3n) is 2.43. The fourth-order valence-corrected chi connectivity index (χ4v) is 1.84. The van der Waals surface area contributed by atoms with Crippen molar-refractivity contribution in [1.29, 1.82) is 0 Å². The minimum atomic E-state index is -0.664. The molecular formula is C13H9BrF2N2O. The van der Waals surface area contributed by atoms with Crippen LogP contribution < -0.4 is 11.1 Å². The van der Waals surface area contributed by atoms with E-state index in [1.54, 1.807) is 0 Å². The maximum absolute atomic E-state index is 13.5. The highest BCUT2D eigenvalue weighted by Gasteiger charge is 2.13. The molecule has 0 saturated heterocycles. The van der Waals surface area contributed by atoms with Gasteiger partial charge < -0.3 is 11.1 Å². The van der Waals surface area contributed by atoms with E-state index < -0.39 is 17.5 Å². The predicted octanol–water partition coefficient (Wildman–Crippen LogP) is 3.56. The first kappa shape index (κ1) is 13.5. The highest BCUT2D eigenvalue weighted by Crippen LogP contribution is 2.19. The summed E-state index contributed by atoms with van der Waals surface area (Å²) in [7, 11) is 0. The van der Waals surface area contributed by atoms with Crippen LogP contribution in [0.5, 0.6) is 0 Å². The topological polar surface area (TPSA) is 55.1 Å². The maximum atomic E-state index is 13.5. The summed E-state index contributed by atoms with van der Waals surface area (Å²) in [5, 5.41) is 2.40. The largest absolute Gasteiger partial charge is 0.396 e. The summed E-state index contributed by atoms with van der Waals surface area (Å²) >= 11 is 3.15. The zero-order valence-electron chi connectivity index (χ0n) is 9.58. The Bertz CT molecular complexity index is 647. The number of nitrogens with one attached hydrogen (secondary N) is 1. The fraction of sp³-hybridized carbons (Fsp3) is 0. The maximum Gasteiger partial charge on any atom is 0.258 e. The zero-order chi connectivity index (χ0) is 14.0. The summed E-state index contributed by atoms with van der Waals surface area (Å²) in [5.41, 5.74) is 5.37. The molecule has 2 aromatic carbocycles. The van der Waals surface area contributed by atoms with E-state index in [0.29, 0.717) is 4.47 Å². The van der Waals surface area contributed by atoms with Gasteiger partial charge in [-0.25, -0.2) is 8.78 Å². The Morgan fingerprint density at radius 1 is 1.11 bits per heavy atom. The molecule has 0 heterocycles. The van der Waals surface area contributed by atoms with Crippen LogP contribution >= 0.6 is 15.9 Å². The zero-order valence-corrected chi connectivity index (χ0v) is 11.2. The summed E-state index contributed by atoms with van der Waals surface area (Å²) in [4.78, 5) is 11.9. The number of benzene rings is 2. The van der Waals surface area contributed by atoms with E-state index in [-0.39, 0.29) is 16.9 Å². The molecule has 0 fully saturated rings. The highest BCUT2D eigenvalue weighted by molar-refractivity contribution is 9.10. The van der Waals surface area contributed by atoms with Crippen LogP contribution in [-0.2, 0) is 0 Å². The highest BCUT2D eigenvalue weighted by atomic mass is 79.9. The SMILES string of the molecule is Nc1ccc(NC(=O)c2cc(Br)ccc2F)cc1F. The normalized spacial score (nSPS) is 10.3. The third-order valence-corrected chi connectivity index (χ3v) is 2.92. The number of carbonyl (C=O) groups is 1. The number of amides is 1. The first-order chi connectivity index (χ1) is 8.97. The van der Waals surface area contributed by atoms with E-state index in [9.17, 15) is 13.6 Å². The van der Waals surface area contributed by atoms with Crippen LogP contribution in [0.2, 0.25) is 0 Å². The van der Waals surface area contributed by atoms with Crippen LogP contribution in [0.15, 0.2) is 40.9 Å². The molecule has 0 aromatic heterocycles. The summed E-state index contributed by atoms with van der Waals surface area (Å²) in [6.07, 6.45) is 0. The number of carbonyl (C=O) groups excluding carboxylic acids is 1. The summed E-state index contributed by atoms with van der Waals surface area (Å²) < 4.78 is 27.3. The second-order valence-corrected chi connectivity index (χ2v) is 4.73. The number of anilines is 2. The van der Waals surface area contributed by atoms with E-state index in [1.807, 2.05) is 0 Å². The fourth-order valence-electron chi connectivity index (χ4n) is 1.47. The molecule has 0 aliphatic rings. The first-order valence-corrected chi connectivity index (χ1v) is 6.08. The van der Waals surface area contributed by atoms with Crippen LogP contribution in [0.1, 0.15) is 10.4 Å². The van der Waals surface area contributed by atoms with Gasteiger partial charge in [0, 0.05) is 10.2 Å². The van der Waals surface area contributed by atoms with Gasteiger partial charge in [0.1, 0.15) is 11.6 Å². The number of nitrogen functional groups attached to an aromatic ring is 1. The van der Waals surface area contributed by atoms with Gasteiger partial charge in [-0.15, -0.1) is 0 Å². The summed E-state index contributed by atoms with van der Waals surface area (Å²) in [5.74, 6) is -1.97. The molecular weight excluding hydrogens is 318 g/mol. The van der Waals surface area contributed by atoms with Gasteiger partial charge in [-0.2, -0.15) is 0 Å². The van der Waals surface area contributed by atoms with Crippen molar-refractivity contribution in [2.75, 3.05) is 11.1 Å². The van der Waals surface area contributed by atoms with Crippen molar-refractivity contribution in [3.05, 3.63) is 58.1 Å². The molecule has 0 aliphatic heterocycles. The molecule has 2 rings (SSSR count). The summed E-state index contributed by atoms with van der Waals surface area (Å²) in [6.45, 7) is 0. The molecule has 19 heavy (non-hydrogen) atoms. The second kappa shape index (κ2) is 5.36.